The summed E-state index contributed by atoms with van der Waals surface area (Å²) in [6.45, 7) is 2.17. The topological polar surface area (TPSA) is 141 Å². The van der Waals surface area contributed by atoms with Gasteiger partial charge in [0.15, 0.2) is 0 Å². The van der Waals surface area contributed by atoms with Crippen molar-refractivity contribution in [2.75, 3.05) is 25.5 Å². The molecule has 2 heterocycles. The standard InChI is InChI=1S/C19H22N6O4S/c1-13-23-17(12-18(24-13)25-9-3-4-10-25)21-7-8-22-30(27,28)14-5-6-16(29-2)15(11-14)19(20)26/h3-6,9-12,22H,7-8H2,1-2H3,(H2,20,26)(H,21,23,24). The van der Waals surface area contributed by atoms with Gasteiger partial charge < -0.3 is 20.4 Å². The molecule has 0 fully saturated rings. The number of ether oxygens (including phenoxy) is 1. The van der Waals surface area contributed by atoms with Gasteiger partial charge in [0.25, 0.3) is 5.91 Å². The second-order valence-electron chi connectivity index (χ2n) is 6.30. The van der Waals surface area contributed by atoms with Crippen molar-refractivity contribution in [1.29, 1.82) is 0 Å². The van der Waals surface area contributed by atoms with Crippen LogP contribution >= 0.6 is 0 Å². The number of methoxy groups -OCH3 is 1. The number of anilines is 1. The van der Waals surface area contributed by atoms with Crippen LogP contribution in [-0.4, -0.2) is 49.1 Å². The Hall–Kier alpha value is -3.44. The summed E-state index contributed by atoms with van der Waals surface area (Å²) in [4.78, 5) is 20.1. The van der Waals surface area contributed by atoms with Crippen molar-refractivity contribution in [1.82, 2.24) is 19.3 Å². The van der Waals surface area contributed by atoms with E-state index in [4.69, 9.17) is 10.5 Å². The molecule has 0 saturated carbocycles. The molecule has 0 radical (unpaired) electrons. The summed E-state index contributed by atoms with van der Waals surface area (Å²) in [5, 5.41) is 3.07. The van der Waals surface area contributed by atoms with Crippen molar-refractivity contribution in [3.8, 4) is 11.6 Å². The van der Waals surface area contributed by atoms with Gasteiger partial charge in [-0.2, -0.15) is 0 Å². The molecule has 2 aromatic heterocycles. The van der Waals surface area contributed by atoms with Crippen LogP contribution < -0.4 is 20.5 Å². The van der Waals surface area contributed by atoms with Crippen LogP contribution in [-0.2, 0) is 10.0 Å². The zero-order chi connectivity index (χ0) is 21.7. The number of primary amides is 1. The van der Waals surface area contributed by atoms with Gasteiger partial charge in [0, 0.05) is 31.5 Å². The summed E-state index contributed by atoms with van der Waals surface area (Å²) >= 11 is 0. The van der Waals surface area contributed by atoms with E-state index < -0.39 is 15.9 Å². The minimum Gasteiger partial charge on any atom is -0.496 e. The maximum Gasteiger partial charge on any atom is 0.252 e. The van der Waals surface area contributed by atoms with Gasteiger partial charge in [0.1, 0.15) is 23.2 Å². The normalized spacial score (nSPS) is 11.3. The number of nitrogens with two attached hydrogens (primary N) is 1. The Morgan fingerprint density at radius 2 is 1.90 bits per heavy atom. The van der Waals surface area contributed by atoms with Crippen molar-refractivity contribution in [2.45, 2.75) is 11.8 Å². The Bertz CT molecular complexity index is 1150. The molecule has 10 nitrogen and oxygen atoms in total. The highest BCUT2D eigenvalue weighted by Crippen LogP contribution is 2.22. The Kier molecular flexibility index (Phi) is 6.33. The van der Waals surface area contributed by atoms with Crippen molar-refractivity contribution in [2.24, 2.45) is 5.73 Å². The third-order valence-electron chi connectivity index (χ3n) is 4.16. The predicted molar refractivity (Wildman–Crippen MR) is 111 cm³/mol. The fraction of sp³-hybridized carbons (Fsp3) is 0.211. The van der Waals surface area contributed by atoms with E-state index in [2.05, 4.69) is 20.0 Å². The first-order chi connectivity index (χ1) is 14.3. The zero-order valence-corrected chi connectivity index (χ0v) is 17.3. The van der Waals surface area contributed by atoms with Gasteiger partial charge in [-0.05, 0) is 37.3 Å². The number of aromatic nitrogens is 3. The lowest BCUT2D eigenvalue weighted by atomic mass is 10.2. The average Bonchev–Trinajstić information content (AvgIpc) is 3.25. The smallest absolute Gasteiger partial charge is 0.252 e. The third-order valence-corrected chi connectivity index (χ3v) is 5.62. The fourth-order valence-corrected chi connectivity index (χ4v) is 3.83. The first kappa shape index (κ1) is 21.3. The summed E-state index contributed by atoms with van der Waals surface area (Å²) < 4.78 is 34.4. The van der Waals surface area contributed by atoms with E-state index in [-0.39, 0.29) is 22.8 Å². The summed E-state index contributed by atoms with van der Waals surface area (Å²) in [5.74, 6) is 1.30. The van der Waals surface area contributed by atoms with Gasteiger partial charge in [-0.3, -0.25) is 4.79 Å². The molecule has 3 aromatic rings. The highest BCUT2D eigenvalue weighted by atomic mass is 32.2. The molecule has 0 saturated heterocycles. The van der Waals surface area contributed by atoms with Gasteiger partial charge in [-0.1, -0.05) is 0 Å². The fourth-order valence-electron chi connectivity index (χ4n) is 2.77. The van der Waals surface area contributed by atoms with E-state index in [1.807, 2.05) is 29.1 Å². The van der Waals surface area contributed by atoms with Crippen molar-refractivity contribution < 1.29 is 17.9 Å². The van der Waals surface area contributed by atoms with Crippen LogP contribution in [0.5, 0.6) is 5.75 Å². The Morgan fingerprint density at radius 1 is 1.17 bits per heavy atom. The number of carbonyl (C=O) groups excluding carboxylic acids is 1. The summed E-state index contributed by atoms with van der Waals surface area (Å²) in [5.41, 5.74) is 5.28. The van der Waals surface area contributed by atoms with Crippen LogP contribution in [0.2, 0.25) is 0 Å². The lowest BCUT2D eigenvalue weighted by Gasteiger charge is -2.12. The van der Waals surface area contributed by atoms with Crippen molar-refractivity contribution in [3.05, 3.63) is 60.2 Å². The number of nitrogens with zero attached hydrogens (tertiary/aromatic N) is 3. The molecule has 0 bridgehead atoms. The van der Waals surface area contributed by atoms with Gasteiger partial charge >= 0.3 is 0 Å². The van der Waals surface area contributed by atoms with E-state index >= 15 is 0 Å². The number of benzene rings is 1. The number of sulfonamides is 1. The minimum absolute atomic E-state index is 0.00694. The van der Waals surface area contributed by atoms with Crippen LogP contribution in [0.4, 0.5) is 5.82 Å². The second kappa shape index (κ2) is 8.93. The quantitative estimate of drug-likeness (QED) is 0.431. The molecule has 11 heteroatoms. The number of aryl methyl sites for hydroxylation is 1. The molecule has 0 unspecified atom stereocenters. The Morgan fingerprint density at radius 3 is 2.57 bits per heavy atom. The maximum absolute atomic E-state index is 12.5. The molecule has 0 spiro atoms. The van der Waals surface area contributed by atoms with E-state index in [0.717, 1.165) is 0 Å². The number of hydrogen-bond donors (Lipinski definition) is 3. The molecule has 0 aliphatic heterocycles. The molecule has 1 amide bonds. The Labute approximate surface area is 174 Å². The predicted octanol–water partition coefficient (Wildman–Crippen LogP) is 1.07. The molecule has 1 aromatic carbocycles. The van der Waals surface area contributed by atoms with Gasteiger partial charge in [0.05, 0.1) is 17.6 Å². The summed E-state index contributed by atoms with van der Waals surface area (Å²) in [6, 6.07) is 9.47. The van der Waals surface area contributed by atoms with Crippen LogP contribution in [0.1, 0.15) is 16.2 Å². The van der Waals surface area contributed by atoms with E-state index in [0.29, 0.717) is 24.0 Å². The van der Waals surface area contributed by atoms with Crippen LogP contribution in [0.3, 0.4) is 0 Å². The lowest BCUT2D eigenvalue weighted by molar-refractivity contribution is 0.0997. The third kappa shape index (κ3) is 4.93. The summed E-state index contributed by atoms with van der Waals surface area (Å²) in [7, 11) is -2.47. The Balaban J connectivity index is 1.64. The number of amides is 1. The highest BCUT2D eigenvalue weighted by Gasteiger charge is 2.18. The zero-order valence-electron chi connectivity index (χ0n) is 16.5. The molecule has 158 valence electrons. The maximum atomic E-state index is 12.5. The van der Waals surface area contributed by atoms with Crippen LogP contribution in [0.15, 0.2) is 53.7 Å². The minimum atomic E-state index is -3.84. The molecule has 0 aliphatic carbocycles. The monoisotopic (exact) mass is 430 g/mol. The number of rotatable bonds is 9. The van der Waals surface area contributed by atoms with Gasteiger partial charge in [-0.25, -0.2) is 23.1 Å². The average molecular weight is 430 g/mol. The van der Waals surface area contributed by atoms with Crippen molar-refractivity contribution >= 4 is 21.7 Å². The van der Waals surface area contributed by atoms with Gasteiger partial charge in [0.2, 0.25) is 10.0 Å². The number of carbonyl (C=O) groups is 1. The van der Waals surface area contributed by atoms with E-state index in [1.165, 1.54) is 25.3 Å². The first-order valence-corrected chi connectivity index (χ1v) is 10.5. The molecule has 30 heavy (non-hydrogen) atoms. The second-order valence-corrected chi connectivity index (χ2v) is 8.07. The van der Waals surface area contributed by atoms with Crippen molar-refractivity contribution in [3.63, 3.8) is 0 Å². The molecule has 0 aliphatic rings. The summed E-state index contributed by atoms with van der Waals surface area (Å²) in [6.07, 6.45) is 3.74. The lowest BCUT2D eigenvalue weighted by Crippen LogP contribution is -2.29. The van der Waals surface area contributed by atoms with Crippen LogP contribution in [0.25, 0.3) is 5.82 Å². The van der Waals surface area contributed by atoms with E-state index in [9.17, 15) is 13.2 Å². The molecule has 3 rings (SSSR count). The first-order valence-electron chi connectivity index (χ1n) is 9.00. The SMILES string of the molecule is COc1ccc(S(=O)(=O)NCCNc2cc(-n3cccc3)nc(C)n2)cc1C(N)=O. The molecular weight excluding hydrogens is 408 g/mol. The molecule has 4 N–H and O–H groups in total. The molecular formula is C19H22N6O4S. The largest absolute Gasteiger partial charge is 0.496 e. The number of hydrogen-bond acceptors (Lipinski definition) is 7. The number of nitrogens with one attached hydrogen (secondary N) is 2. The highest BCUT2D eigenvalue weighted by molar-refractivity contribution is 7.89. The van der Waals surface area contributed by atoms with Crippen LogP contribution in [0, 0.1) is 6.92 Å². The molecule has 0 atom stereocenters. The van der Waals surface area contributed by atoms with Gasteiger partial charge in [-0.15, -0.1) is 0 Å². The van der Waals surface area contributed by atoms with E-state index in [1.54, 1.807) is 13.0 Å².